The van der Waals surface area contributed by atoms with E-state index in [1.54, 1.807) is 40.6 Å². The van der Waals surface area contributed by atoms with E-state index in [-0.39, 0.29) is 5.82 Å². The molecule has 6 nitrogen and oxygen atoms in total. The number of nitrogens with zero attached hydrogens (tertiary/aromatic N) is 2. The van der Waals surface area contributed by atoms with Gasteiger partial charge in [-0.2, -0.15) is 0 Å². The van der Waals surface area contributed by atoms with Gasteiger partial charge in [0.25, 0.3) is 0 Å². The first-order valence-electron chi connectivity index (χ1n) is 9.64. The van der Waals surface area contributed by atoms with Crippen molar-refractivity contribution in [3.63, 3.8) is 0 Å². The van der Waals surface area contributed by atoms with E-state index in [0.29, 0.717) is 23.8 Å². The molecule has 2 aromatic rings. The van der Waals surface area contributed by atoms with Crippen molar-refractivity contribution >= 4 is 0 Å². The molecule has 0 radical (unpaired) electrons. The number of halogens is 1. The van der Waals surface area contributed by atoms with Crippen LogP contribution in [0.15, 0.2) is 30.3 Å². The minimum Gasteiger partial charge on any atom is -0.496 e. The Morgan fingerprint density at radius 2 is 1.24 bits per heavy atom. The molecular formula is C22H29FN2O4. The monoisotopic (exact) mass is 404 g/mol. The molecule has 3 rings (SSSR count). The molecular weight excluding hydrogens is 375 g/mol. The normalized spacial score (nSPS) is 15.2. The second-order valence-electron chi connectivity index (χ2n) is 7.00. The smallest absolute Gasteiger partial charge is 0.203 e. The number of rotatable bonds is 8. The van der Waals surface area contributed by atoms with Crippen molar-refractivity contribution in [2.75, 3.05) is 54.6 Å². The highest BCUT2D eigenvalue weighted by atomic mass is 19.1. The first-order valence-corrected chi connectivity index (χ1v) is 9.64. The number of hydrogen-bond acceptors (Lipinski definition) is 6. The Morgan fingerprint density at radius 3 is 1.79 bits per heavy atom. The zero-order valence-electron chi connectivity index (χ0n) is 17.5. The fraction of sp³-hybridized carbons (Fsp3) is 0.455. The van der Waals surface area contributed by atoms with Crippen LogP contribution >= 0.6 is 0 Å². The predicted octanol–water partition coefficient (Wildman–Crippen LogP) is 3.18. The highest BCUT2D eigenvalue weighted by molar-refractivity contribution is 5.55. The van der Waals surface area contributed by atoms with Crippen LogP contribution in [0.25, 0.3) is 0 Å². The predicted molar refractivity (Wildman–Crippen MR) is 110 cm³/mol. The van der Waals surface area contributed by atoms with Crippen molar-refractivity contribution in [1.82, 2.24) is 9.80 Å². The van der Waals surface area contributed by atoms with Gasteiger partial charge in [0.1, 0.15) is 11.6 Å². The van der Waals surface area contributed by atoms with Gasteiger partial charge in [-0.05, 0) is 24.3 Å². The first-order chi connectivity index (χ1) is 14.1. The summed E-state index contributed by atoms with van der Waals surface area (Å²) in [6.07, 6.45) is 0. The molecule has 1 fully saturated rings. The number of methoxy groups -OCH3 is 4. The molecule has 0 bridgehead atoms. The third kappa shape index (κ3) is 4.92. The van der Waals surface area contributed by atoms with Crippen LogP contribution in [0.4, 0.5) is 4.39 Å². The molecule has 0 atom stereocenters. The molecule has 1 heterocycles. The summed E-state index contributed by atoms with van der Waals surface area (Å²) in [5, 5.41) is 0. The van der Waals surface area contributed by atoms with E-state index >= 15 is 0 Å². The van der Waals surface area contributed by atoms with Gasteiger partial charge in [0.05, 0.1) is 28.4 Å². The third-order valence-corrected chi connectivity index (χ3v) is 5.28. The van der Waals surface area contributed by atoms with Gasteiger partial charge in [0.2, 0.25) is 5.75 Å². The van der Waals surface area contributed by atoms with E-state index < -0.39 is 0 Å². The summed E-state index contributed by atoms with van der Waals surface area (Å²) < 4.78 is 35.4. The van der Waals surface area contributed by atoms with Gasteiger partial charge < -0.3 is 18.9 Å². The lowest BCUT2D eigenvalue weighted by molar-refractivity contribution is 0.120. The largest absolute Gasteiger partial charge is 0.496 e. The zero-order chi connectivity index (χ0) is 20.8. The van der Waals surface area contributed by atoms with Crippen molar-refractivity contribution in [3.05, 3.63) is 47.3 Å². The zero-order valence-corrected chi connectivity index (χ0v) is 17.5. The van der Waals surface area contributed by atoms with Crippen molar-refractivity contribution in [2.45, 2.75) is 13.1 Å². The highest BCUT2D eigenvalue weighted by Gasteiger charge is 2.22. The summed E-state index contributed by atoms with van der Waals surface area (Å²) in [4.78, 5) is 4.70. The average Bonchev–Trinajstić information content (AvgIpc) is 2.74. The lowest BCUT2D eigenvalue weighted by Crippen LogP contribution is -2.45. The van der Waals surface area contributed by atoms with Crippen molar-refractivity contribution < 1.29 is 23.3 Å². The summed E-state index contributed by atoms with van der Waals surface area (Å²) in [6, 6.07) is 8.59. The minimum atomic E-state index is -0.236. The standard InChI is InChI=1S/C22H29FN2O4/c1-26-19-8-6-18(23)13-17(19)15-25-11-9-24(10-12-25)14-16-5-7-20(27-2)22(29-4)21(16)28-3/h5-8,13H,9-12,14-15H2,1-4H3. The molecule has 1 aliphatic heterocycles. The fourth-order valence-electron chi connectivity index (χ4n) is 3.75. The van der Waals surface area contributed by atoms with Crippen LogP contribution in [0.5, 0.6) is 23.0 Å². The average molecular weight is 404 g/mol. The van der Waals surface area contributed by atoms with Crippen LogP contribution in [-0.4, -0.2) is 64.4 Å². The maximum atomic E-state index is 13.6. The van der Waals surface area contributed by atoms with E-state index in [1.807, 2.05) is 12.1 Å². The topological polar surface area (TPSA) is 43.4 Å². The van der Waals surface area contributed by atoms with E-state index in [9.17, 15) is 4.39 Å². The maximum absolute atomic E-state index is 13.6. The molecule has 0 amide bonds. The molecule has 0 N–H and O–H groups in total. The van der Waals surface area contributed by atoms with Gasteiger partial charge in [-0.1, -0.05) is 6.07 Å². The van der Waals surface area contributed by atoms with Gasteiger partial charge in [-0.25, -0.2) is 4.39 Å². The molecule has 7 heteroatoms. The van der Waals surface area contributed by atoms with E-state index in [2.05, 4.69) is 9.80 Å². The van der Waals surface area contributed by atoms with Crippen molar-refractivity contribution in [3.8, 4) is 23.0 Å². The summed E-state index contributed by atoms with van der Waals surface area (Å²) in [5.74, 6) is 2.47. The fourth-order valence-corrected chi connectivity index (χ4v) is 3.75. The lowest BCUT2D eigenvalue weighted by atomic mass is 10.1. The second-order valence-corrected chi connectivity index (χ2v) is 7.00. The Balaban J connectivity index is 1.63. The third-order valence-electron chi connectivity index (χ3n) is 5.28. The first kappa shape index (κ1) is 21.2. The summed E-state index contributed by atoms with van der Waals surface area (Å²) in [6.45, 7) is 5.06. The molecule has 0 saturated carbocycles. The van der Waals surface area contributed by atoms with Gasteiger partial charge in [-0.3, -0.25) is 9.80 Å². The molecule has 0 aliphatic carbocycles. The van der Waals surface area contributed by atoms with Crippen LogP contribution in [0.2, 0.25) is 0 Å². The summed E-state index contributed by atoms with van der Waals surface area (Å²) in [5.41, 5.74) is 1.94. The van der Waals surface area contributed by atoms with Crippen LogP contribution < -0.4 is 18.9 Å². The minimum absolute atomic E-state index is 0.236. The molecule has 0 spiro atoms. The Kier molecular flexibility index (Phi) is 7.17. The van der Waals surface area contributed by atoms with E-state index in [0.717, 1.165) is 49.6 Å². The molecule has 1 aliphatic rings. The Hall–Kier alpha value is -2.51. The highest BCUT2D eigenvalue weighted by Crippen LogP contribution is 2.40. The number of benzene rings is 2. The van der Waals surface area contributed by atoms with Crippen LogP contribution in [0.3, 0.4) is 0 Å². The Labute approximate surface area is 171 Å². The number of hydrogen-bond donors (Lipinski definition) is 0. The Bertz CT molecular complexity index is 823. The Morgan fingerprint density at radius 1 is 0.690 bits per heavy atom. The van der Waals surface area contributed by atoms with Gasteiger partial charge in [0.15, 0.2) is 11.5 Å². The van der Waals surface area contributed by atoms with Crippen LogP contribution in [-0.2, 0) is 13.1 Å². The van der Waals surface area contributed by atoms with Gasteiger partial charge >= 0.3 is 0 Å². The molecule has 0 unspecified atom stereocenters. The van der Waals surface area contributed by atoms with E-state index in [1.165, 1.54) is 6.07 Å². The molecule has 0 aromatic heterocycles. The van der Waals surface area contributed by atoms with Gasteiger partial charge in [-0.15, -0.1) is 0 Å². The molecule has 1 saturated heterocycles. The van der Waals surface area contributed by atoms with Gasteiger partial charge in [0, 0.05) is 50.4 Å². The second kappa shape index (κ2) is 9.80. The van der Waals surface area contributed by atoms with Crippen LogP contribution in [0, 0.1) is 5.82 Å². The van der Waals surface area contributed by atoms with Crippen molar-refractivity contribution in [2.24, 2.45) is 0 Å². The quantitative estimate of drug-likeness (QED) is 0.673. The number of piperazine rings is 1. The number of ether oxygens (including phenoxy) is 4. The van der Waals surface area contributed by atoms with E-state index in [4.69, 9.17) is 18.9 Å². The maximum Gasteiger partial charge on any atom is 0.203 e. The summed E-state index contributed by atoms with van der Waals surface area (Å²) in [7, 11) is 6.49. The molecule has 29 heavy (non-hydrogen) atoms. The summed E-state index contributed by atoms with van der Waals surface area (Å²) >= 11 is 0. The SMILES string of the molecule is COc1ccc(F)cc1CN1CCN(Cc2ccc(OC)c(OC)c2OC)CC1. The lowest BCUT2D eigenvalue weighted by Gasteiger charge is -2.35. The van der Waals surface area contributed by atoms with Crippen LogP contribution in [0.1, 0.15) is 11.1 Å². The molecule has 158 valence electrons. The van der Waals surface area contributed by atoms with Crippen molar-refractivity contribution in [1.29, 1.82) is 0 Å². The molecule has 2 aromatic carbocycles.